The quantitative estimate of drug-likeness (QED) is 0.312. The zero-order chi connectivity index (χ0) is 23.8. The first-order valence-electron chi connectivity index (χ1n) is 11.6. The van der Waals surface area contributed by atoms with Crippen LogP contribution < -0.4 is 5.73 Å². The lowest BCUT2D eigenvalue weighted by atomic mass is 10.00. The molecule has 0 atom stereocenters. The van der Waals surface area contributed by atoms with Gasteiger partial charge in [0.05, 0.1) is 0 Å². The number of nitrogen functional groups attached to an aromatic ring is 1. The van der Waals surface area contributed by atoms with E-state index in [1.54, 1.807) is 0 Å². The summed E-state index contributed by atoms with van der Waals surface area (Å²) in [5.41, 5.74) is 15.2. The maximum Gasteiger partial charge on any atom is 0.138 e. The van der Waals surface area contributed by atoms with Crippen molar-refractivity contribution in [1.82, 2.24) is 24.6 Å². The van der Waals surface area contributed by atoms with Gasteiger partial charge in [0, 0.05) is 52.9 Å². The number of rotatable bonds is 6. The van der Waals surface area contributed by atoms with Crippen LogP contribution in [0.5, 0.6) is 0 Å². The van der Waals surface area contributed by atoms with Crippen LogP contribution >= 0.6 is 0 Å². The third-order valence-electron chi connectivity index (χ3n) is 6.03. The average Bonchev–Trinajstić information content (AvgIpc) is 3.45. The SMILES string of the molecule is CC(C)n1cc(-c2ccnc3[nH]c(-c4ccc(CN(C)C)cc4)cc23)c(-c2ccc(N)cc2)n1. The van der Waals surface area contributed by atoms with Crippen LogP contribution in [0.1, 0.15) is 25.5 Å². The van der Waals surface area contributed by atoms with Crippen molar-refractivity contribution in [2.75, 3.05) is 19.8 Å². The molecule has 0 aliphatic rings. The van der Waals surface area contributed by atoms with E-state index in [0.29, 0.717) is 0 Å². The normalized spacial score (nSPS) is 11.7. The summed E-state index contributed by atoms with van der Waals surface area (Å²) in [5.74, 6) is 0. The second-order valence-electron chi connectivity index (χ2n) is 9.33. The van der Waals surface area contributed by atoms with Crippen LogP contribution in [0.4, 0.5) is 5.69 Å². The number of aromatic amines is 1. The van der Waals surface area contributed by atoms with Gasteiger partial charge in [-0.25, -0.2) is 4.98 Å². The molecule has 0 saturated heterocycles. The first-order valence-corrected chi connectivity index (χ1v) is 11.6. The molecule has 0 unspecified atom stereocenters. The highest BCUT2D eigenvalue weighted by molar-refractivity contribution is 5.99. The maximum absolute atomic E-state index is 5.93. The molecule has 2 aromatic carbocycles. The van der Waals surface area contributed by atoms with E-state index in [9.17, 15) is 0 Å². The molecule has 0 fully saturated rings. The molecule has 34 heavy (non-hydrogen) atoms. The number of nitrogens with two attached hydrogens (primary N) is 1. The molecule has 0 bridgehead atoms. The Morgan fingerprint density at radius 1 is 0.941 bits per heavy atom. The number of anilines is 1. The summed E-state index contributed by atoms with van der Waals surface area (Å²) in [6.07, 6.45) is 3.99. The summed E-state index contributed by atoms with van der Waals surface area (Å²) in [7, 11) is 4.16. The molecule has 3 heterocycles. The summed E-state index contributed by atoms with van der Waals surface area (Å²) < 4.78 is 2.02. The van der Waals surface area contributed by atoms with Crippen molar-refractivity contribution in [3.8, 4) is 33.6 Å². The fraction of sp³-hybridized carbons (Fsp3) is 0.214. The number of benzene rings is 2. The Morgan fingerprint density at radius 3 is 2.32 bits per heavy atom. The largest absolute Gasteiger partial charge is 0.399 e. The average molecular weight is 451 g/mol. The fourth-order valence-electron chi connectivity index (χ4n) is 4.28. The minimum absolute atomic E-state index is 0.251. The van der Waals surface area contributed by atoms with E-state index in [1.165, 1.54) is 5.56 Å². The first-order chi connectivity index (χ1) is 16.4. The van der Waals surface area contributed by atoms with Crippen molar-refractivity contribution in [3.05, 3.63) is 78.6 Å². The lowest BCUT2D eigenvalue weighted by Gasteiger charge is -2.09. The Labute approximate surface area is 200 Å². The topological polar surface area (TPSA) is 75.8 Å². The Bertz CT molecular complexity index is 1420. The lowest BCUT2D eigenvalue weighted by Crippen LogP contribution is -2.10. The molecule has 6 nitrogen and oxygen atoms in total. The van der Waals surface area contributed by atoms with Crippen LogP contribution in [-0.4, -0.2) is 38.7 Å². The molecule has 0 saturated carbocycles. The second kappa shape index (κ2) is 8.80. The number of pyridine rings is 1. The van der Waals surface area contributed by atoms with E-state index in [-0.39, 0.29) is 6.04 Å². The smallest absolute Gasteiger partial charge is 0.138 e. The van der Waals surface area contributed by atoms with E-state index < -0.39 is 0 Å². The van der Waals surface area contributed by atoms with Gasteiger partial charge in [0.15, 0.2) is 0 Å². The van der Waals surface area contributed by atoms with E-state index >= 15 is 0 Å². The van der Waals surface area contributed by atoms with Crippen LogP contribution in [-0.2, 0) is 6.54 Å². The van der Waals surface area contributed by atoms with E-state index in [0.717, 1.165) is 56.9 Å². The van der Waals surface area contributed by atoms with Gasteiger partial charge in [-0.2, -0.15) is 5.10 Å². The van der Waals surface area contributed by atoms with Gasteiger partial charge in [-0.05, 0) is 68.9 Å². The van der Waals surface area contributed by atoms with Crippen LogP contribution in [0.3, 0.4) is 0 Å². The van der Waals surface area contributed by atoms with Gasteiger partial charge in [-0.15, -0.1) is 0 Å². The van der Waals surface area contributed by atoms with Gasteiger partial charge in [-0.1, -0.05) is 36.4 Å². The van der Waals surface area contributed by atoms with Crippen molar-refractivity contribution in [2.45, 2.75) is 26.4 Å². The highest BCUT2D eigenvalue weighted by Gasteiger charge is 2.18. The first kappa shape index (κ1) is 21.9. The van der Waals surface area contributed by atoms with Gasteiger partial charge in [0.1, 0.15) is 11.3 Å². The molecule has 3 aromatic heterocycles. The predicted molar refractivity (Wildman–Crippen MR) is 140 cm³/mol. The zero-order valence-corrected chi connectivity index (χ0v) is 20.1. The van der Waals surface area contributed by atoms with Crippen molar-refractivity contribution < 1.29 is 0 Å². The summed E-state index contributed by atoms with van der Waals surface area (Å²) in [5, 5.41) is 6.01. The van der Waals surface area contributed by atoms with E-state index in [2.05, 4.69) is 85.4 Å². The summed E-state index contributed by atoms with van der Waals surface area (Å²) >= 11 is 0. The lowest BCUT2D eigenvalue weighted by molar-refractivity contribution is 0.402. The van der Waals surface area contributed by atoms with Crippen molar-refractivity contribution in [3.63, 3.8) is 0 Å². The predicted octanol–water partition coefficient (Wildman–Crippen LogP) is 5.99. The molecule has 0 amide bonds. The monoisotopic (exact) mass is 450 g/mol. The summed E-state index contributed by atoms with van der Waals surface area (Å²) in [4.78, 5) is 10.3. The Balaban J connectivity index is 1.61. The molecule has 172 valence electrons. The number of aromatic nitrogens is 4. The third-order valence-corrected chi connectivity index (χ3v) is 6.03. The van der Waals surface area contributed by atoms with Gasteiger partial charge in [0.25, 0.3) is 0 Å². The molecular weight excluding hydrogens is 420 g/mol. The van der Waals surface area contributed by atoms with Crippen LogP contribution in [0.25, 0.3) is 44.7 Å². The van der Waals surface area contributed by atoms with Crippen molar-refractivity contribution >= 4 is 16.7 Å². The Hall–Kier alpha value is -3.90. The molecule has 5 aromatic rings. The molecular formula is C28H30N6. The second-order valence-corrected chi connectivity index (χ2v) is 9.33. The Kier molecular flexibility index (Phi) is 5.67. The number of nitrogens with one attached hydrogen (secondary N) is 1. The van der Waals surface area contributed by atoms with Crippen molar-refractivity contribution in [2.24, 2.45) is 0 Å². The highest BCUT2D eigenvalue weighted by atomic mass is 15.3. The van der Waals surface area contributed by atoms with Crippen molar-refractivity contribution in [1.29, 1.82) is 0 Å². The number of hydrogen-bond donors (Lipinski definition) is 2. The van der Waals surface area contributed by atoms with Crippen LogP contribution in [0.2, 0.25) is 0 Å². The van der Waals surface area contributed by atoms with E-state index in [1.807, 2.05) is 35.1 Å². The Morgan fingerprint density at radius 2 is 1.65 bits per heavy atom. The number of nitrogens with zero attached hydrogens (tertiary/aromatic N) is 4. The van der Waals surface area contributed by atoms with Gasteiger partial charge >= 0.3 is 0 Å². The van der Waals surface area contributed by atoms with Gasteiger partial charge in [-0.3, -0.25) is 4.68 Å². The van der Waals surface area contributed by atoms with Gasteiger partial charge in [0.2, 0.25) is 0 Å². The molecule has 3 N–H and O–H groups in total. The molecule has 6 heteroatoms. The number of hydrogen-bond acceptors (Lipinski definition) is 4. The number of H-pyrrole nitrogens is 1. The standard InChI is InChI=1S/C28H30N6/c1-18(2)34-17-25(27(32-34)21-9-11-22(29)12-10-21)23-13-14-30-28-24(23)15-26(31-28)20-7-5-19(6-8-20)16-33(3)4/h5-15,17-18H,16,29H2,1-4H3,(H,30,31). The molecule has 0 radical (unpaired) electrons. The zero-order valence-electron chi connectivity index (χ0n) is 20.1. The highest BCUT2D eigenvalue weighted by Crippen LogP contribution is 2.37. The van der Waals surface area contributed by atoms with Crippen LogP contribution in [0.15, 0.2) is 73.1 Å². The molecule has 5 rings (SSSR count). The molecule has 0 aliphatic heterocycles. The summed E-state index contributed by atoms with van der Waals surface area (Å²) in [6, 6.07) is 21.1. The number of fused-ring (bicyclic) bond motifs is 1. The fourth-order valence-corrected chi connectivity index (χ4v) is 4.28. The minimum Gasteiger partial charge on any atom is -0.399 e. The van der Waals surface area contributed by atoms with Gasteiger partial charge < -0.3 is 15.6 Å². The molecule has 0 spiro atoms. The molecule has 0 aliphatic carbocycles. The third kappa shape index (κ3) is 4.20. The maximum atomic E-state index is 5.93. The van der Waals surface area contributed by atoms with Crippen LogP contribution in [0, 0.1) is 0 Å². The summed E-state index contributed by atoms with van der Waals surface area (Å²) in [6.45, 7) is 5.20. The van der Waals surface area contributed by atoms with E-state index in [4.69, 9.17) is 10.8 Å². The minimum atomic E-state index is 0.251.